The molecule has 0 atom stereocenters. The summed E-state index contributed by atoms with van der Waals surface area (Å²) < 4.78 is 4.88. The maximum absolute atomic E-state index is 4.88. The van der Waals surface area contributed by atoms with Gasteiger partial charge in [-0.25, -0.2) is 0 Å². The topological polar surface area (TPSA) is 9.23 Å². The predicted octanol–water partition coefficient (Wildman–Crippen LogP) is 2.40. The van der Waals surface area contributed by atoms with Crippen LogP contribution in [0.25, 0.3) is 0 Å². The van der Waals surface area contributed by atoms with Crippen LogP contribution in [0.15, 0.2) is 0 Å². The summed E-state index contributed by atoms with van der Waals surface area (Å²) in [5.74, 6) is 0. The van der Waals surface area contributed by atoms with E-state index in [1.807, 2.05) is 23.0 Å². The molecule has 0 bridgehead atoms. The Morgan fingerprint density at radius 2 is 1.86 bits per heavy atom. The minimum absolute atomic E-state index is 0.321. The molecule has 0 radical (unpaired) electrons. The molecular formula is C5H11IO. The molecule has 0 spiro atoms. The first-order valence-corrected chi connectivity index (χ1v) is 3.18. The van der Waals surface area contributed by atoms with Gasteiger partial charge in [-0.2, -0.15) is 0 Å². The molecule has 0 amide bonds. The Hall–Kier alpha value is 0.690. The van der Waals surface area contributed by atoms with Crippen LogP contribution in [0.4, 0.5) is 0 Å². The van der Waals surface area contributed by atoms with E-state index < -0.39 is 0 Å². The van der Waals surface area contributed by atoms with Gasteiger partial charge in [0, 0.05) is 0 Å². The third kappa shape index (κ3) is 6.69. The first kappa shape index (κ1) is 7.69. The van der Waals surface area contributed by atoms with Crippen molar-refractivity contribution in [2.45, 2.75) is 20.8 Å². The Morgan fingerprint density at radius 1 is 1.43 bits per heavy atom. The molecule has 0 heterocycles. The van der Waals surface area contributed by atoms with E-state index in [0.717, 1.165) is 6.61 Å². The quantitative estimate of drug-likeness (QED) is 0.609. The van der Waals surface area contributed by atoms with Crippen LogP contribution in [-0.2, 0) is 3.07 Å². The van der Waals surface area contributed by atoms with Gasteiger partial charge in [-0.05, 0) is 5.41 Å². The lowest BCUT2D eigenvalue weighted by Gasteiger charge is -2.13. The molecule has 2 heteroatoms. The summed E-state index contributed by atoms with van der Waals surface area (Å²) in [6.07, 6.45) is 0. The molecular weight excluding hydrogens is 203 g/mol. The van der Waals surface area contributed by atoms with E-state index in [4.69, 9.17) is 3.07 Å². The second kappa shape index (κ2) is 2.87. The molecule has 0 aromatic heterocycles. The summed E-state index contributed by atoms with van der Waals surface area (Å²) in [5, 5.41) is 0. The minimum Gasteiger partial charge on any atom is -0.315 e. The molecule has 0 unspecified atom stereocenters. The van der Waals surface area contributed by atoms with E-state index in [1.165, 1.54) is 0 Å². The van der Waals surface area contributed by atoms with Crippen LogP contribution in [0, 0.1) is 5.41 Å². The Morgan fingerprint density at radius 3 is 1.86 bits per heavy atom. The summed E-state index contributed by atoms with van der Waals surface area (Å²) in [6, 6.07) is 0. The summed E-state index contributed by atoms with van der Waals surface area (Å²) in [4.78, 5) is 0. The van der Waals surface area contributed by atoms with Gasteiger partial charge in [0.2, 0.25) is 0 Å². The van der Waals surface area contributed by atoms with Crippen LogP contribution < -0.4 is 0 Å². The highest BCUT2D eigenvalue weighted by atomic mass is 127. The van der Waals surface area contributed by atoms with Crippen molar-refractivity contribution in [2.24, 2.45) is 5.41 Å². The van der Waals surface area contributed by atoms with E-state index in [1.54, 1.807) is 0 Å². The average molecular weight is 214 g/mol. The van der Waals surface area contributed by atoms with Crippen LogP contribution in [0.5, 0.6) is 0 Å². The van der Waals surface area contributed by atoms with Gasteiger partial charge in [-0.3, -0.25) is 0 Å². The molecule has 0 N–H and O–H groups in total. The van der Waals surface area contributed by atoms with Gasteiger partial charge in [-0.1, -0.05) is 20.8 Å². The molecule has 0 aliphatic carbocycles. The smallest absolute Gasteiger partial charge is 0.109 e. The molecule has 1 nitrogen and oxygen atoms in total. The number of hydrogen-bond donors (Lipinski definition) is 0. The van der Waals surface area contributed by atoms with Crippen molar-refractivity contribution >= 4 is 23.0 Å². The number of halogens is 1. The summed E-state index contributed by atoms with van der Waals surface area (Å²) >= 11 is 1.91. The van der Waals surface area contributed by atoms with Crippen LogP contribution in [-0.4, -0.2) is 6.61 Å². The van der Waals surface area contributed by atoms with Crippen LogP contribution in [0.2, 0.25) is 0 Å². The van der Waals surface area contributed by atoms with Gasteiger partial charge in [-0.15, -0.1) is 0 Å². The standard InChI is InChI=1S/C5H11IO/c1-5(2,3)4-7-6/h4H2,1-3H3. The predicted molar refractivity (Wildman–Crippen MR) is 39.4 cm³/mol. The van der Waals surface area contributed by atoms with Gasteiger partial charge in [0.1, 0.15) is 23.0 Å². The van der Waals surface area contributed by atoms with Crippen LogP contribution in [0.1, 0.15) is 20.8 Å². The van der Waals surface area contributed by atoms with Crippen molar-refractivity contribution in [2.75, 3.05) is 6.61 Å². The average Bonchev–Trinajstić information content (AvgIpc) is 1.30. The maximum Gasteiger partial charge on any atom is 0.109 e. The molecule has 7 heavy (non-hydrogen) atoms. The Bertz CT molecular complexity index is 46.5. The van der Waals surface area contributed by atoms with Crippen molar-refractivity contribution in [3.05, 3.63) is 0 Å². The molecule has 0 saturated heterocycles. The third-order valence-electron chi connectivity index (χ3n) is 0.488. The fourth-order valence-corrected chi connectivity index (χ4v) is 1.10. The van der Waals surface area contributed by atoms with Crippen LogP contribution in [0.3, 0.4) is 0 Å². The van der Waals surface area contributed by atoms with Crippen LogP contribution >= 0.6 is 23.0 Å². The molecule has 0 saturated carbocycles. The molecule has 0 aromatic carbocycles. The van der Waals surface area contributed by atoms with Crippen molar-refractivity contribution in [1.29, 1.82) is 0 Å². The van der Waals surface area contributed by atoms with E-state index >= 15 is 0 Å². The fraction of sp³-hybridized carbons (Fsp3) is 1.00. The lowest BCUT2D eigenvalue weighted by atomic mass is 9.99. The number of hydrogen-bond acceptors (Lipinski definition) is 1. The molecule has 0 aliphatic rings. The SMILES string of the molecule is CC(C)(C)COI. The van der Waals surface area contributed by atoms with E-state index in [0.29, 0.717) is 5.41 Å². The van der Waals surface area contributed by atoms with Gasteiger partial charge in [0.15, 0.2) is 0 Å². The minimum atomic E-state index is 0.321. The Kier molecular flexibility index (Phi) is 3.15. The van der Waals surface area contributed by atoms with Gasteiger partial charge < -0.3 is 3.07 Å². The monoisotopic (exact) mass is 214 g/mol. The first-order valence-electron chi connectivity index (χ1n) is 2.30. The Labute approximate surface area is 59.1 Å². The van der Waals surface area contributed by atoms with E-state index in [-0.39, 0.29) is 0 Å². The van der Waals surface area contributed by atoms with Crippen molar-refractivity contribution in [3.8, 4) is 0 Å². The molecule has 0 fully saturated rings. The molecule has 0 aliphatic heterocycles. The maximum atomic E-state index is 4.88. The lowest BCUT2D eigenvalue weighted by Crippen LogP contribution is -2.10. The van der Waals surface area contributed by atoms with Crippen molar-refractivity contribution in [1.82, 2.24) is 0 Å². The van der Waals surface area contributed by atoms with Gasteiger partial charge >= 0.3 is 0 Å². The highest BCUT2D eigenvalue weighted by Gasteiger charge is 2.07. The summed E-state index contributed by atoms with van der Waals surface area (Å²) in [6.45, 7) is 7.26. The van der Waals surface area contributed by atoms with Gasteiger partial charge in [0.05, 0.1) is 6.61 Å². The molecule has 44 valence electrons. The summed E-state index contributed by atoms with van der Waals surface area (Å²) in [5.41, 5.74) is 0.321. The van der Waals surface area contributed by atoms with Crippen molar-refractivity contribution in [3.63, 3.8) is 0 Å². The zero-order valence-electron chi connectivity index (χ0n) is 4.99. The third-order valence-corrected chi connectivity index (χ3v) is 0.799. The van der Waals surface area contributed by atoms with Gasteiger partial charge in [0.25, 0.3) is 0 Å². The summed E-state index contributed by atoms with van der Waals surface area (Å²) in [7, 11) is 0. The zero-order chi connectivity index (χ0) is 5.91. The highest BCUT2D eigenvalue weighted by molar-refractivity contribution is 14.1. The molecule has 0 rings (SSSR count). The normalized spacial score (nSPS) is 12.0. The zero-order valence-corrected chi connectivity index (χ0v) is 7.15. The van der Waals surface area contributed by atoms with E-state index in [2.05, 4.69) is 20.8 Å². The van der Waals surface area contributed by atoms with Crippen molar-refractivity contribution < 1.29 is 3.07 Å². The highest BCUT2D eigenvalue weighted by Crippen LogP contribution is 2.13. The first-order chi connectivity index (χ1) is 3.06. The number of rotatable bonds is 1. The fourth-order valence-electron chi connectivity index (χ4n) is 0.164. The second-order valence-corrected chi connectivity index (χ2v) is 3.44. The molecule has 0 aromatic rings. The van der Waals surface area contributed by atoms with E-state index in [9.17, 15) is 0 Å². The largest absolute Gasteiger partial charge is 0.315 e. The second-order valence-electron chi connectivity index (χ2n) is 2.81. The lowest BCUT2D eigenvalue weighted by molar-refractivity contribution is 0.254. The Balaban J connectivity index is 3.15.